The summed E-state index contributed by atoms with van der Waals surface area (Å²) >= 11 is 0. The summed E-state index contributed by atoms with van der Waals surface area (Å²) in [5.74, 6) is 1.69. The van der Waals surface area contributed by atoms with E-state index in [-0.39, 0.29) is 5.91 Å². The van der Waals surface area contributed by atoms with Crippen LogP contribution < -0.4 is 5.32 Å². The SMILES string of the molecule is C[C@@H]1C[C@H]1C(=O)NC[C@@H]1CCCc2ccccc21. The number of amides is 1. The van der Waals surface area contributed by atoms with E-state index in [1.807, 2.05) is 0 Å². The van der Waals surface area contributed by atoms with Crippen LogP contribution in [0.4, 0.5) is 0 Å². The topological polar surface area (TPSA) is 29.1 Å². The fourth-order valence-electron chi connectivity index (χ4n) is 3.11. The molecule has 0 aromatic heterocycles. The molecule has 0 bridgehead atoms. The van der Waals surface area contributed by atoms with E-state index < -0.39 is 0 Å². The van der Waals surface area contributed by atoms with Gasteiger partial charge in [-0.05, 0) is 42.7 Å². The quantitative estimate of drug-likeness (QED) is 0.869. The number of carbonyl (C=O) groups excluding carboxylic acids is 1. The number of carbonyl (C=O) groups is 1. The van der Waals surface area contributed by atoms with Gasteiger partial charge in [0.05, 0.1) is 0 Å². The molecule has 2 heteroatoms. The van der Waals surface area contributed by atoms with E-state index in [2.05, 4.69) is 36.5 Å². The summed E-state index contributed by atoms with van der Waals surface area (Å²) in [6.07, 6.45) is 4.72. The Morgan fingerprint density at radius 2 is 2.17 bits per heavy atom. The van der Waals surface area contributed by atoms with Gasteiger partial charge < -0.3 is 5.32 Å². The molecule has 2 aliphatic rings. The molecule has 1 aromatic carbocycles. The first-order valence-corrected chi connectivity index (χ1v) is 7.11. The monoisotopic (exact) mass is 243 g/mol. The first-order valence-electron chi connectivity index (χ1n) is 7.11. The molecule has 0 aliphatic heterocycles. The summed E-state index contributed by atoms with van der Waals surface area (Å²) in [6.45, 7) is 2.97. The van der Waals surface area contributed by atoms with Crippen LogP contribution in [0.2, 0.25) is 0 Å². The van der Waals surface area contributed by atoms with Crippen molar-refractivity contribution in [3.8, 4) is 0 Å². The minimum atomic E-state index is 0.269. The lowest BCUT2D eigenvalue weighted by molar-refractivity contribution is -0.122. The molecule has 96 valence electrons. The maximum absolute atomic E-state index is 11.9. The first kappa shape index (κ1) is 11.8. The molecule has 0 saturated heterocycles. The maximum atomic E-state index is 11.9. The van der Waals surface area contributed by atoms with E-state index in [4.69, 9.17) is 0 Å². The van der Waals surface area contributed by atoms with Crippen LogP contribution in [0.3, 0.4) is 0 Å². The van der Waals surface area contributed by atoms with Crippen molar-refractivity contribution in [3.05, 3.63) is 35.4 Å². The van der Waals surface area contributed by atoms with Gasteiger partial charge in [0, 0.05) is 18.4 Å². The van der Waals surface area contributed by atoms with Crippen LogP contribution in [-0.4, -0.2) is 12.5 Å². The number of benzene rings is 1. The van der Waals surface area contributed by atoms with Gasteiger partial charge in [0.2, 0.25) is 5.91 Å². The zero-order valence-corrected chi connectivity index (χ0v) is 11.0. The average Bonchev–Trinajstić information content (AvgIpc) is 3.13. The van der Waals surface area contributed by atoms with Crippen molar-refractivity contribution in [3.63, 3.8) is 0 Å². The van der Waals surface area contributed by atoms with Gasteiger partial charge in [0.15, 0.2) is 0 Å². The molecule has 2 aliphatic carbocycles. The second kappa shape index (κ2) is 4.75. The minimum Gasteiger partial charge on any atom is -0.355 e. The summed E-state index contributed by atoms with van der Waals surface area (Å²) in [4.78, 5) is 11.9. The predicted octanol–water partition coefficient (Wildman–Crippen LogP) is 2.88. The van der Waals surface area contributed by atoms with Crippen molar-refractivity contribution >= 4 is 5.91 Å². The predicted molar refractivity (Wildman–Crippen MR) is 72.4 cm³/mol. The third-order valence-electron chi connectivity index (χ3n) is 4.46. The van der Waals surface area contributed by atoms with Crippen molar-refractivity contribution in [1.29, 1.82) is 0 Å². The Morgan fingerprint density at radius 1 is 1.39 bits per heavy atom. The highest BCUT2D eigenvalue weighted by Crippen LogP contribution is 2.38. The molecule has 0 unspecified atom stereocenters. The van der Waals surface area contributed by atoms with Crippen molar-refractivity contribution in [1.82, 2.24) is 5.32 Å². The number of fused-ring (bicyclic) bond motifs is 1. The Labute approximate surface area is 109 Å². The van der Waals surface area contributed by atoms with Crippen LogP contribution in [0.15, 0.2) is 24.3 Å². The molecule has 0 spiro atoms. The molecule has 0 heterocycles. The lowest BCUT2D eigenvalue weighted by atomic mass is 9.83. The van der Waals surface area contributed by atoms with Gasteiger partial charge in [0.25, 0.3) is 0 Å². The molecule has 0 radical (unpaired) electrons. The fraction of sp³-hybridized carbons (Fsp3) is 0.562. The van der Waals surface area contributed by atoms with E-state index in [0.717, 1.165) is 13.0 Å². The third-order valence-corrected chi connectivity index (χ3v) is 4.46. The normalized spacial score (nSPS) is 29.5. The van der Waals surface area contributed by atoms with Crippen molar-refractivity contribution in [2.75, 3.05) is 6.54 Å². The molecule has 2 nitrogen and oxygen atoms in total. The molecular weight excluding hydrogens is 222 g/mol. The number of rotatable bonds is 3. The van der Waals surface area contributed by atoms with E-state index in [9.17, 15) is 4.79 Å². The van der Waals surface area contributed by atoms with Crippen molar-refractivity contribution in [2.45, 2.75) is 38.5 Å². The highest BCUT2D eigenvalue weighted by Gasteiger charge is 2.39. The van der Waals surface area contributed by atoms with Gasteiger partial charge in [-0.2, -0.15) is 0 Å². The van der Waals surface area contributed by atoms with Gasteiger partial charge in [0.1, 0.15) is 0 Å². The van der Waals surface area contributed by atoms with E-state index in [1.54, 1.807) is 0 Å². The minimum absolute atomic E-state index is 0.269. The zero-order valence-electron chi connectivity index (χ0n) is 11.0. The molecule has 1 saturated carbocycles. The van der Waals surface area contributed by atoms with Gasteiger partial charge in [-0.15, -0.1) is 0 Å². The highest BCUT2D eigenvalue weighted by atomic mass is 16.2. The summed E-state index contributed by atoms with van der Waals surface area (Å²) < 4.78 is 0. The van der Waals surface area contributed by atoms with Crippen LogP contribution >= 0.6 is 0 Å². The third kappa shape index (κ3) is 2.29. The summed E-state index contributed by atoms with van der Waals surface area (Å²) in [7, 11) is 0. The van der Waals surface area contributed by atoms with Gasteiger partial charge >= 0.3 is 0 Å². The van der Waals surface area contributed by atoms with Crippen LogP contribution in [-0.2, 0) is 11.2 Å². The molecule has 18 heavy (non-hydrogen) atoms. The van der Waals surface area contributed by atoms with Crippen LogP contribution in [0.25, 0.3) is 0 Å². The Balaban J connectivity index is 1.62. The molecule has 3 rings (SSSR count). The Kier molecular flexibility index (Phi) is 3.11. The van der Waals surface area contributed by atoms with Crippen molar-refractivity contribution < 1.29 is 4.79 Å². The molecular formula is C16H21NO. The zero-order chi connectivity index (χ0) is 12.5. The van der Waals surface area contributed by atoms with Gasteiger partial charge in [-0.3, -0.25) is 4.79 Å². The van der Waals surface area contributed by atoms with E-state index >= 15 is 0 Å². The van der Waals surface area contributed by atoms with Gasteiger partial charge in [-0.25, -0.2) is 0 Å². The smallest absolute Gasteiger partial charge is 0.223 e. The largest absolute Gasteiger partial charge is 0.355 e. The van der Waals surface area contributed by atoms with E-state index in [1.165, 1.54) is 30.4 Å². The molecule has 1 aromatic rings. The standard InChI is InChI=1S/C16H21NO/c1-11-9-15(11)16(18)17-10-13-7-4-6-12-5-2-3-8-14(12)13/h2-3,5,8,11,13,15H,4,6-7,9-10H2,1H3,(H,17,18)/t11-,13+,15-/m1/s1. The van der Waals surface area contributed by atoms with Crippen LogP contribution in [0.5, 0.6) is 0 Å². The van der Waals surface area contributed by atoms with Crippen LogP contribution in [0.1, 0.15) is 43.2 Å². The van der Waals surface area contributed by atoms with Crippen molar-refractivity contribution in [2.24, 2.45) is 11.8 Å². The summed E-state index contributed by atoms with van der Waals surface area (Å²) in [6, 6.07) is 8.69. The number of hydrogen-bond acceptors (Lipinski definition) is 1. The average molecular weight is 243 g/mol. The maximum Gasteiger partial charge on any atom is 0.223 e. The van der Waals surface area contributed by atoms with E-state index in [0.29, 0.717) is 17.8 Å². The fourth-order valence-corrected chi connectivity index (χ4v) is 3.11. The Bertz CT molecular complexity index is 454. The Hall–Kier alpha value is -1.31. The Morgan fingerprint density at radius 3 is 2.94 bits per heavy atom. The second-order valence-corrected chi connectivity index (χ2v) is 5.85. The summed E-state index contributed by atoms with van der Waals surface area (Å²) in [5, 5.41) is 3.15. The first-order chi connectivity index (χ1) is 8.75. The number of hydrogen-bond donors (Lipinski definition) is 1. The van der Waals surface area contributed by atoms with Crippen LogP contribution in [0, 0.1) is 11.8 Å². The summed E-state index contributed by atoms with van der Waals surface area (Å²) in [5.41, 5.74) is 2.93. The number of aryl methyl sites for hydroxylation is 1. The molecule has 1 fully saturated rings. The lowest BCUT2D eigenvalue weighted by Gasteiger charge is -2.25. The second-order valence-electron chi connectivity index (χ2n) is 5.85. The lowest BCUT2D eigenvalue weighted by Crippen LogP contribution is -2.31. The highest BCUT2D eigenvalue weighted by molar-refractivity contribution is 5.81. The van der Waals surface area contributed by atoms with Gasteiger partial charge in [-0.1, -0.05) is 31.2 Å². The molecule has 3 atom stereocenters. The molecule has 1 amide bonds. The molecule has 1 N–H and O–H groups in total. The number of nitrogens with one attached hydrogen (secondary N) is 1.